The Balaban J connectivity index is 2.18. The highest BCUT2D eigenvalue weighted by Crippen LogP contribution is 2.40. The standard InChI is InChI=1S/C14H15BrN4O2/c1-8(20)11-12(9-3-5-10(15)6-4-9)19-13(16-7-17-19)18-14(11,2)21/h3-7,11-12,21H,1-2H3,(H,16,17,18). The van der Waals surface area contributed by atoms with Crippen LogP contribution in [-0.2, 0) is 4.79 Å². The van der Waals surface area contributed by atoms with Gasteiger partial charge in [0.15, 0.2) is 0 Å². The number of rotatable bonds is 2. The summed E-state index contributed by atoms with van der Waals surface area (Å²) in [5.74, 6) is -0.320. The highest BCUT2D eigenvalue weighted by molar-refractivity contribution is 9.10. The molecule has 110 valence electrons. The van der Waals surface area contributed by atoms with Gasteiger partial charge in [-0.25, -0.2) is 4.68 Å². The molecule has 0 aliphatic carbocycles. The van der Waals surface area contributed by atoms with Gasteiger partial charge < -0.3 is 10.4 Å². The van der Waals surface area contributed by atoms with Crippen LogP contribution in [0.2, 0.25) is 0 Å². The molecule has 3 atom stereocenters. The first-order valence-electron chi connectivity index (χ1n) is 6.56. The average Bonchev–Trinajstić information content (AvgIpc) is 2.84. The van der Waals surface area contributed by atoms with E-state index in [0.717, 1.165) is 10.0 Å². The molecule has 2 N–H and O–H groups in total. The maximum atomic E-state index is 12.1. The topological polar surface area (TPSA) is 80.0 Å². The van der Waals surface area contributed by atoms with E-state index in [1.807, 2.05) is 24.3 Å². The maximum absolute atomic E-state index is 12.1. The Hall–Kier alpha value is -1.73. The average molecular weight is 351 g/mol. The molecule has 7 heteroatoms. The zero-order chi connectivity index (χ0) is 15.2. The van der Waals surface area contributed by atoms with Crippen molar-refractivity contribution in [2.45, 2.75) is 25.6 Å². The molecule has 3 unspecified atom stereocenters. The third kappa shape index (κ3) is 2.36. The number of fused-ring (bicyclic) bond motifs is 1. The van der Waals surface area contributed by atoms with E-state index >= 15 is 0 Å². The van der Waals surface area contributed by atoms with Gasteiger partial charge in [0, 0.05) is 4.47 Å². The van der Waals surface area contributed by atoms with Gasteiger partial charge in [-0.15, -0.1) is 0 Å². The monoisotopic (exact) mass is 350 g/mol. The molecule has 3 rings (SSSR count). The molecule has 0 fully saturated rings. The lowest BCUT2D eigenvalue weighted by atomic mass is 9.81. The molecule has 1 aromatic heterocycles. The lowest BCUT2D eigenvalue weighted by molar-refractivity contribution is -0.130. The Kier molecular flexibility index (Phi) is 3.33. The third-order valence-corrected chi connectivity index (χ3v) is 4.30. The molecule has 2 aromatic rings. The minimum absolute atomic E-state index is 0.110. The second-order valence-electron chi connectivity index (χ2n) is 5.39. The molecule has 0 amide bonds. The van der Waals surface area contributed by atoms with Gasteiger partial charge in [0.05, 0.1) is 12.0 Å². The maximum Gasteiger partial charge on any atom is 0.223 e. The fraction of sp³-hybridized carbons (Fsp3) is 0.357. The van der Waals surface area contributed by atoms with Crippen molar-refractivity contribution in [2.24, 2.45) is 5.92 Å². The van der Waals surface area contributed by atoms with Gasteiger partial charge in [-0.3, -0.25) is 4.79 Å². The van der Waals surface area contributed by atoms with Crippen LogP contribution < -0.4 is 5.32 Å². The molecule has 6 nitrogen and oxygen atoms in total. The van der Waals surface area contributed by atoms with Crippen molar-refractivity contribution in [3.05, 3.63) is 40.6 Å². The van der Waals surface area contributed by atoms with Crippen molar-refractivity contribution in [2.75, 3.05) is 5.32 Å². The highest BCUT2D eigenvalue weighted by atomic mass is 79.9. The molecule has 0 saturated carbocycles. The first-order valence-corrected chi connectivity index (χ1v) is 7.35. The van der Waals surface area contributed by atoms with E-state index in [1.54, 1.807) is 11.6 Å². The summed E-state index contributed by atoms with van der Waals surface area (Å²) in [6.45, 7) is 3.07. The Labute approximate surface area is 130 Å². The Morgan fingerprint density at radius 1 is 1.43 bits per heavy atom. The molecule has 0 radical (unpaired) electrons. The van der Waals surface area contributed by atoms with Crippen molar-refractivity contribution in [3.8, 4) is 0 Å². The van der Waals surface area contributed by atoms with Crippen molar-refractivity contribution < 1.29 is 9.90 Å². The molecule has 21 heavy (non-hydrogen) atoms. The van der Waals surface area contributed by atoms with E-state index in [9.17, 15) is 9.90 Å². The first-order chi connectivity index (χ1) is 9.90. The van der Waals surface area contributed by atoms with Crippen LogP contribution in [0.15, 0.2) is 35.1 Å². The van der Waals surface area contributed by atoms with Gasteiger partial charge in [0.1, 0.15) is 17.8 Å². The van der Waals surface area contributed by atoms with Crippen LogP contribution in [0.4, 0.5) is 5.95 Å². The quantitative estimate of drug-likeness (QED) is 0.865. The Morgan fingerprint density at radius 2 is 2.10 bits per heavy atom. The number of ketones is 1. The molecule has 1 aromatic carbocycles. The summed E-state index contributed by atoms with van der Waals surface area (Å²) >= 11 is 3.40. The van der Waals surface area contributed by atoms with Crippen LogP contribution in [0.3, 0.4) is 0 Å². The molecule has 0 bridgehead atoms. The van der Waals surface area contributed by atoms with E-state index in [-0.39, 0.29) is 5.78 Å². The first kappa shape index (κ1) is 14.2. The van der Waals surface area contributed by atoms with Crippen LogP contribution in [0.1, 0.15) is 25.5 Å². The number of nitrogens with zero attached hydrogens (tertiary/aromatic N) is 3. The molecule has 2 heterocycles. The number of benzene rings is 1. The van der Waals surface area contributed by atoms with E-state index < -0.39 is 17.7 Å². The lowest BCUT2D eigenvalue weighted by Gasteiger charge is -2.42. The second-order valence-corrected chi connectivity index (χ2v) is 6.30. The van der Waals surface area contributed by atoms with Crippen LogP contribution in [-0.4, -0.2) is 31.4 Å². The largest absolute Gasteiger partial charge is 0.370 e. The zero-order valence-electron chi connectivity index (χ0n) is 11.6. The van der Waals surface area contributed by atoms with Crippen molar-refractivity contribution >= 4 is 27.7 Å². The van der Waals surface area contributed by atoms with Crippen molar-refractivity contribution in [1.82, 2.24) is 14.8 Å². The van der Waals surface area contributed by atoms with Gasteiger partial charge in [0.2, 0.25) is 5.95 Å². The summed E-state index contributed by atoms with van der Waals surface area (Å²) in [6, 6.07) is 7.24. The molecule has 1 aliphatic rings. The van der Waals surface area contributed by atoms with E-state index in [0.29, 0.717) is 5.95 Å². The third-order valence-electron chi connectivity index (χ3n) is 3.77. The minimum atomic E-state index is -1.38. The number of carbonyl (C=O) groups is 1. The Bertz CT molecular complexity index is 681. The molecular weight excluding hydrogens is 336 g/mol. The van der Waals surface area contributed by atoms with Gasteiger partial charge in [-0.05, 0) is 31.5 Å². The number of anilines is 1. The number of hydrogen-bond donors (Lipinski definition) is 2. The zero-order valence-corrected chi connectivity index (χ0v) is 13.2. The fourth-order valence-corrected chi connectivity index (χ4v) is 3.17. The van der Waals surface area contributed by atoms with Crippen LogP contribution in [0.5, 0.6) is 0 Å². The van der Waals surface area contributed by atoms with Gasteiger partial charge in [0.25, 0.3) is 0 Å². The number of Topliss-reactive ketones (excluding diaryl/α,β-unsaturated/α-hetero) is 1. The van der Waals surface area contributed by atoms with Gasteiger partial charge in [-0.2, -0.15) is 10.1 Å². The van der Waals surface area contributed by atoms with Crippen molar-refractivity contribution in [3.63, 3.8) is 0 Å². The molecule has 0 spiro atoms. The summed E-state index contributed by atoms with van der Waals surface area (Å²) in [7, 11) is 0. The van der Waals surface area contributed by atoms with Gasteiger partial charge in [-0.1, -0.05) is 28.1 Å². The SMILES string of the molecule is CC(=O)C1C(c2ccc(Br)cc2)n2ncnc2NC1(C)O. The molecule has 1 aliphatic heterocycles. The normalized spacial score (nSPS) is 27.8. The molecule has 0 saturated heterocycles. The summed E-state index contributed by atoms with van der Waals surface area (Å²) < 4.78 is 2.60. The Morgan fingerprint density at radius 3 is 2.71 bits per heavy atom. The molecular formula is C14H15BrN4O2. The number of hydrogen-bond acceptors (Lipinski definition) is 5. The highest BCUT2D eigenvalue weighted by Gasteiger charge is 2.48. The second kappa shape index (κ2) is 4.92. The van der Waals surface area contributed by atoms with E-state index in [4.69, 9.17) is 0 Å². The fourth-order valence-electron chi connectivity index (χ4n) is 2.91. The lowest BCUT2D eigenvalue weighted by Crippen LogP contribution is -2.54. The summed E-state index contributed by atoms with van der Waals surface area (Å²) in [4.78, 5) is 16.2. The van der Waals surface area contributed by atoms with E-state index in [1.165, 1.54) is 13.3 Å². The van der Waals surface area contributed by atoms with Crippen LogP contribution >= 0.6 is 15.9 Å². The minimum Gasteiger partial charge on any atom is -0.370 e. The summed E-state index contributed by atoms with van der Waals surface area (Å²) in [5, 5.41) is 17.7. The summed E-state index contributed by atoms with van der Waals surface area (Å²) in [5.41, 5.74) is -0.487. The number of halogens is 1. The number of aliphatic hydroxyl groups is 1. The van der Waals surface area contributed by atoms with E-state index in [2.05, 4.69) is 31.3 Å². The van der Waals surface area contributed by atoms with Gasteiger partial charge >= 0.3 is 0 Å². The number of aromatic nitrogens is 3. The van der Waals surface area contributed by atoms with Crippen LogP contribution in [0, 0.1) is 5.92 Å². The predicted octanol–water partition coefficient (Wildman–Crippen LogP) is 1.97. The number of nitrogens with one attached hydrogen (secondary N) is 1. The van der Waals surface area contributed by atoms with Crippen LogP contribution in [0.25, 0.3) is 0 Å². The number of carbonyl (C=O) groups excluding carboxylic acids is 1. The van der Waals surface area contributed by atoms with Crippen molar-refractivity contribution in [1.29, 1.82) is 0 Å². The smallest absolute Gasteiger partial charge is 0.223 e. The predicted molar refractivity (Wildman–Crippen MR) is 80.7 cm³/mol. The summed E-state index contributed by atoms with van der Waals surface area (Å²) in [6.07, 6.45) is 1.41.